The van der Waals surface area contributed by atoms with Crippen LogP contribution in [0.5, 0.6) is 11.5 Å². The van der Waals surface area contributed by atoms with Crippen LogP contribution in [-0.2, 0) is 50.6 Å². The molecule has 0 amide bonds. The number of nitrogens with zero attached hydrogens (tertiary/aromatic N) is 7. The minimum absolute atomic E-state index is 0. The van der Waals surface area contributed by atoms with Crippen molar-refractivity contribution in [1.29, 1.82) is 0 Å². The predicted molar refractivity (Wildman–Crippen MR) is 290 cm³/mol. The molecule has 0 spiro atoms. The van der Waals surface area contributed by atoms with Crippen molar-refractivity contribution >= 4 is 140 Å². The van der Waals surface area contributed by atoms with Gasteiger partial charge in [-0.25, -0.2) is 42.1 Å². The van der Waals surface area contributed by atoms with Gasteiger partial charge in [-0.05, 0) is 102 Å². The summed E-state index contributed by atoms with van der Waals surface area (Å²) >= 11 is 0. The molecule has 0 aliphatic carbocycles. The summed E-state index contributed by atoms with van der Waals surface area (Å²) in [5.74, 6) is -0.931. The van der Waals surface area contributed by atoms with E-state index in [1.807, 2.05) is 0 Å². The standard InChI is InChI=1S/C52H38N8O17S5.5Na/c1-2-77-44-27-42(41-26-36(78(62,63)64)19-21-40(41)50(44)56-57-51-48(82(74,75)76)23-31-22-33(17-20-37(31)52(51)61)53-32-8-4-3-5-9-32)55-54-34-16-14-29(45(24-34)79(65,66)67)12-13-30-15-18-35(25-46(30)80(68,69)70)60-58-43-28-47(81(71,72)73)38-10-6-7-11-39(38)49(43)59-60;;;;;/h3-28,53,61H,2H2,1H3,(H,62,63,64)(H,65,66,67)(H,68,69,70)(H,71,72,73)(H,74,75,76);;;;;/q;5*+1/p-5/b13-12+,55-54?,57-56?;;;;;. The monoisotopic (exact) mass is 1320 g/mol. The second-order valence-electron chi connectivity index (χ2n) is 17.6. The maximum absolute atomic E-state index is 12.7. The van der Waals surface area contributed by atoms with Crippen LogP contribution in [0, 0.1) is 0 Å². The topological polar surface area (TPSA) is 408 Å². The third-order valence-electron chi connectivity index (χ3n) is 12.3. The van der Waals surface area contributed by atoms with Crippen LogP contribution in [-0.4, -0.2) is 91.6 Å². The molecule has 0 saturated carbocycles. The first-order chi connectivity index (χ1) is 38.6. The smallest absolute Gasteiger partial charge is 0.744 e. The normalized spacial score (nSPS) is 12.2. The molecule has 2 N–H and O–H groups in total. The Balaban J connectivity index is 0.00000276. The van der Waals surface area contributed by atoms with E-state index in [1.54, 1.807) is 49.4 Å². The van der Waals surface area contributed by atoms with Crippen LogP contribution in [0.25, 0.3) is 61.2 Å². The number of benzene rings is 9. The van der Waals surface area contributed by atoms with E-state index in [0.29, 0.717) is 11.4 Å². The van der Waals surface area contributed by atoms with Gasteiger partial charge in [-0.1, -0.05) is 72.8 Å². The Kier molecular flexibility index (Phi) is 24.7. The molecule has 35 heteroatoms. The zero-order chi connectivity index (χ0) is 58.7. The predicted octanol–water partition coefficient (Wildman–Crippen LogP) is -5.73. The molecule has 0 aliphatic rings. The van der Waals surface area contributed by atoms with Crippen molar-refractivity contribution < 1.29 is 222 Å². The quantitative estimate of drug-likeness (QED) is 0.0394. The number of ether oxygens (including phenoxy) is 1. The van der Waals surface area contributed by atoms with E-state index >= 15 is 0 Å². The molecule has 0 unspecified atom stereocenters. The van der Waals surface area contributed by atoms with Crippen LogP contribution >= 0.6 is 0 Å². The van der Waals surface area contributed by atoms with E-state index in [9.17, 15) is 70.0 Å². The largest absolute Gasteiger partial charge is 1.00 e. The number of azo groups is 2. The summed E-state index contributed by atoms with van der Waals surface area (Å²) in [4.78, 5) is -3.18. The van der Waals surface area contributed by atoms with Crippen LogP contribution in [0.2, 0.25) is 0 Å². The van der Waals surface area contributed by atoms with Gasteiger partial charge in [0.1, 0.15) is 78.7 Å². The number of hydrogen-bond donors (Lipinski definition) is 2. The van der Waals surface area contributed by atoms with Crippen LogP contribution in [0.1, 0.15) is 18.1 Å². The van der Waals surface area contributed by atoms with Crippen LogP contribution in [0.15, 0.2) is 191 Å². The summed E-state index contributed by atoms with van der Waals surface area (Å²) < 4.78 is 193. The van der Waals surface area contributed by atoms with Crippen molar-refractivity contribution in [2.75, 3.05) is 11.9 Å². The van der Waals surface area contributed by atoms with E-state index in [1.165, 1.54) is 42.5 Å². The molecular formula is C52H33N8Na5O17S5. The number of para-hydroxylation sites is 1. The van der Waals surface area contributed by atoms with Crippen LogP contribution in [0.4, 0.5) is 34.1 Å². The zero-order valence-corrected chi connectivity index (χ0v) is 60.5. The van der Waals surface area contributed by atoms with Gasteiger partial charge in [0.15, 0.2) is 5.75 Å². The number of phenolic OH excluding ortho intramolecular Hbond substituents is 1. The number of nitrogens with one attached hydrogen (secondary N) is 1. The molecule has 1 heterocycles. The van der Waals surface area contributed by atoms with E-state index in [0.717, 1.165) is 77.6 Å². The van der Waals surface area contributed by atoms with Gasteiger partial charge in [0, 0.05) is 44.4 Å². The Bertz CT molecular complexity index is 5050. The summed E-state index contributed by atoms with van der Waals surface area (Å²) in [6.07, 6.45) is 2.04. The SMILES string of the molecule is CCOc1cc(N=Nc2ccc(/C=C/c3ccc(-n4nc5cc(S(=O)(=O)[O-])c6ccccc6c5n4)cc3S(=O)(=O)[O-])c(S(=O)(=O)[O-])c2)c2cc(S(=O)(=O)[O-])ccc2c1N=Nc1c(S(=O)(=O)[O-])cc2cc(Nc3ccccc3)ccc2c1O.[Na+].[Na+].[Na+].[Na+].[Na+]. The Morgan fingerprint density at radius 1 is 0.506 bits per heavy atom. The second kappa shape index (κ2) is 29.1. The molecule has 1 aromatic heterocycles. The number of hydrogen-bond acceptors (Lipinski definition) is 24. The van der Waals surface area contributed by atoms with Gasteiger partial charge >= 0.3 is 148 Å². The van der Waals surface area contributed by atoms with Crippen molar-refractivity contribution in [1.82, 2.24) is 15.0 Å². The van der Waals surface area contributed by atoms with Gasteiger partial charge in [-0.2, -0.15) is 9.91 Å². The third kappa shape index (κ3) is 16.4. The van der Waals surface area contributed by atoms with Crippen LogP contribution < -0.4 is 158 Å². The average Bonchev–Trinajstić information content (AvgIpc) is 1.90. The maximum atomic E-state index is 12.7. The molecule has 9 aromatic carbocycles. The first kappa shape index (κ1) is 73.8. The zero-order valence-electron chi connectivity index (χ0n) is 46.4. The molecule has 87 heavy (non-hydrogen) atoms. The number of anilines is 2. The van der Waals surface area contributed by atoms with E-state index in [4.69, 9.17) is 4.74 Å². The average molecular weight is 1320 g/mol. The van der Waals surface area contributed by atoms with Gasteiger partial charge in [0.2, 0.25) is 0 Å². The van der Waals surface area contributed by atoms with Gasteiger partial charge in [0.05, 0.1) is 48.1 Å². The summed E-state index contributed by atoms with van der Waals surface area (Å²) in [6, 6.07) is 31.8. The van der Waals surface area contributed by atoms with Crippen LogP contribution in [0.3, 0.4) is 0 Å². The molecule has 25 nitrogen and oxygen atoms in total. The van der Waals surface area contributed by atoms with Crippen molar-refractivity contribution in [2.24, 2.45) is 20.5 Å². The van der Waals surface area contributed by atoms with Gasteiger partial charge in [0.25, 0.3) is 0 Å². The van der Waals surface area contributed by atoms with Gasteiger partial charge < -0.3 is 37.9 Å². The molecule has 0 radical (unpaired) electrons. The Hall–Kier alpha value is -3.95. The summed E-state index contributed by atoms with van der Waals surface area (Å²) in [5, 5.41) is 39.8. The fraction of sp³-hybridized carbons (Fsp3) is 0.0385. The molecular weight excluding hydrogens is 1280 g/mol. The first-order valence-electron chi connectivity index (χ1n) is 23.4. The maximum Gasteiger partial charge on any atom is 1.00 e. The van der Waals surface area contributed by atoms with E-state index < -0.39 is 86.5 Å². The summed E-state index contributed by atoms with van der Waals surface area (Å²) in [7, 11) is -26.3. The second-order valence-corrected chi connectivity index (χ2v) is 24.4. The molecule has 10 rings (SSSR count). The number of aromatic nitrogens is 3. The Morgan fingerprint density at radius 3 is 1.71 bits per heavy atom. The molecule has 0 atom stereocenters. The molecule has 418 valence electrons. The molecule has 0 aliphatic heterocycles. The van der Waals surface area contributed by atoms with Crippen molar-refractivity contribution in [3.8, 4) is 17.2 Å². The minimum Gasteiger partial charge on any atom is -0.744 e. The first-order valence-corrected chi connectivity index (χ1v) is 30.4. The van der Waals surface area contributed by atoms with Gasteiger partial charge in [-0.3, -0.25) is 0 Å². The number of fused-ring (bicyclic) bond motifs is 5. The van der Waals surface area contributed by atoms with Crippen molar-refractivity contribution in [3.05, 3.63) is 157 Å². The Morgan fingerprint density at radius 2 is 1.09 bits per heavy atom. The fourth-order valence-electron chi connectivity index (χ4n) is 8.72. The number of phenols is 1. The molecule has 10 aromatic rings. The summed E-state index contributed by atoms with van der Waals surface area (Å²) in [5.41, 5.74) is -1.10. The van der Waals surface area contributed by atoms with E-state index in [-0.39, 0.29) is 237 Å². The van der Waals surface area contributed by atoms with E-state index in [2.05, 4.69) is 36.0 Å². The number of rotatable bonds is 16. The third-order valence-corrected chi connectivity index (χ3v) is 16.7. The Labute approximate surface area is 607 Å². The summed E-state index contributed by atoms with van der Waals surface area (Å²) in [6.45, 7) is 1.48. The molecule has 0 bridgehead atoms. The minimum atomic E-state index is -5.39. The molecule has 0 fully saturated rings. The van der Waals surface area contributed by atoms with Crippen molar-refractivity contribution in [3.63, 3.8) is 0 Å². The fourth-order valence-corrected chi connectivity index (χ4v) is 11.9. The van der Waals surface area contributed by atoms with Crippen molar-refractivity contribution in [2.45, 2.75) is 31.4 Å². The number of aromatic hydroxyl groups is 1. The molecule has 0 saturated heterocycles. The van der Waals surface area contributed by atoms with Gasteiger partial charge in [-0.15, -0.1) is 25.5 Å².